The summed E-state index contributed by atoms with van der Waals surface area (Å²) < 4.78 is 0. The lowest BCUT2D eigenvalue weighted by molar-refractivity contribution is -0.126. The Bertz CT molecular complexity index is 214. The minimum Gasteiger partial charge on any atom is -0.354 e. The first-order chi connectivity index (χ1) is 7.00. The smallest absolute Gasteiger partial charge is 0.224 e. The van der Waals surface area contributed by atoms with Gasteiger partial charge in [-0.25, -0.2) is 0 Å². The summed E-state index contributed by atoms with van der Waals surface area (Å²) in [5.41, 5.74) is 0. The van der Waals surface area contributed by atoms with Crippen LogP contribution < -0.4 is 10.6 Å². The molecule has 2 unspecified atom stereocenters. The molecule has 0 aromatic carbocycles. The fraction of sp³-hybridized carbons (Fsp3) is 0.917. The molecular weight excluding hydrogens is 188 g/mol. The van der Waals surface area contributed by atoms with Crippen molar-refractivity contribution in [2.24, 2.45) is 17.8 Å². The predicted molar refractivity (Wildman–Crippen MR) is 62.6 cm³/mol. The molecule has 1 aliphatic heterocycles. The van der Waals surface area contributed by atoms with Crippen LogP contribution in [0.25, 0.3) is 0 Å². The van der Waals surface area contributed by atoms with Crippen LogP contribution in [0.5, 0.6) is 0 Å². The van der Waals surface area contributed by atoms with Crippen molar-refractivity contribution in [3.8, 4) is 0 Å². The number of piperidine rings is 1. The lowest BCUT2D eigenvalue weighted by atomic mass is 9.83. The second-order valence-electron chi connectivity index (χ2n) is 5.26. The standard InChI is InChI=1S/C12H24N2O/c1-8(2)10-5-11(7-13-6-10)12(15)14-9(3)4/h8-11,13H,5-7H2,1-4H3,(H,14,15). The van der Waals surface area contributed by atoms with Gasteiger partial charge in [0.15, 0.2) is 0 Å². The van der Waals surface area contributed by atoms with Gasteiger partial charge in [0.05, 0.1) is 5.92 Å². The summed E-state index contributed by atoms with van der Waals surface area (Å²) in [6.45, 7) is 10.4. The van der Waals surface area contributed by atoms with Gasteiger partial charge in [0.1, 0.15) is 0 Å². The Morgan fingerprint density at radius 3 is 2.47 bits per heavy atom. The number of carbonyl (C=O) groups is 1. The number of carbonyl (C=O) groups excluding carboxylic acids is 1. The van der Waals surface area contributed by atoms with Gasteiger partial charge in [0.25, 0.3) is 0 Å². The van der Waals surface area contributed by atoms with E-state index < -0.39 is 0 Å². The predicted octanol–water partition coefficient (Wildman–Crippen LogP) is 1.39. The molecule has 0 bridgehead atoms. The van der Waals surface area contributed by atoms with Gasteiger partial charge in [-0.1, -0.05) is 13.8 Å². The molecule has 1 amide bonds. The zero-order valence-corrected chi connectivity index (χ0v) is 10.3. The van der Waals surface area contributed by atoms with Crippen LogP contribution in [-0.4, -0.2) is 25.0 Å². The van der Waals surface area contributed by atoms with Crippen LogP contribution in [-0.2, 0) is 4.79 Å². The van der Waals surface area contributed by atoms with Crippen LogP contribution >= 0.6 is 0 Å². The number of hydrogen-bond acceptors (Lipinski definition) is 2. The first-order valence-corrected chi connectivity index (χ1v) is 6.01. The number of hydrogen-bond donors (Lipinski definition) is 2. The van der Waals surface area contributed by atoms with Gasteiger partial charge in [0, 0.05) is 12.6 Å². The molecule has 1 saturated heterocycles. The molecule has 0 saturated carbocycles. The van der Waals surface area contributed by atoms with Crippen LogP contribution in [0.2, 0.25) is 0 Å². The molecule has 88 valence electrons. The minimum absolute atomic E-state index is 0.161. The molecule has 0 aromatic heterocycles. The molecule has 0 aromatic rings. The van der Waals surface area contributed by atoms with Crippen molar-refractivity contribution < 1.29 is 4.79 Å². The van der Waals surface area contributed by atoms with E-state index in [-0.39, 0.29) is 17.9 Å². The zero-order chi connectivity index (χ0) is 11.4. The van der Waals surface area contributed by atoms with E-state index in [4.69, 9.17) is 0 Å². The maximum absolute atomic E-state index is 11.8. The monoisotopic (exact) mass is 212 g/mol. The van der Waals surface area contributed by atoms with Crippen molar-refractivity contribution in [2.75, 3.05) is 13.1 Å². The number of rotatable bonds is 3. The maximum Gasteiger partial charge on any atom is 0.224 e. The summed E-state index contributed by atoms with van der Waals surface area (Å²) in [7, 11) is 0. The van der Waals surface area contributed by atoms with Crippen LogP contribution in [0.15, 0.2) is 0 Å². The highest BCUT2D eigenvalue weighted by atomic mass is 16.1. The van der Waals surface area contributed by atoms with Gasteiger partial charge in [-0.05, 0) is 38.6 Å². The van der Waals surface area contributed by atoms with Gasteiger partial charge in [-0.3, -0.25) is 4.79 Å². The second-order valence-corrected chi connectivity index (χ2v) is 5.26. The van der Waals surface area contributed by atoms with E-state index >= 15 is 0 Å². The van der Waals surface area contributed by atoms with Gasteiger partial charge < -0.3 is 10.6 Å². The molecule has 2 N–H and O–H groups in total. The Kier molecular flexibility index (Phi) is 4.58. The Hall–Kier alpha value is -0.570. The van der Waals surface area contributed by atoms with E-state index in [0.717, 1.165) is 19.5 Å². The van der Waals surface area contributed by atoms with E-state index in [1.165, 1.54) is 0 Å². The summed E-state index contributed by atoms with van der Waals surface area (Å²) in [4.78, 5) is 11.8. The normalized spacial score (nSPS) is 27.1. The Morgan fingerprint density at radius 2 is 1.93 bits per heavy atom. The van der Waals surface area contributed by atoms with E-state index in [2.05, 4.69) is 24.5 Å². The lowest BCUT2D eigenvalue weighted by Crippen LogP contribution is -2.46. The molecule has 1 heterocycles. The molecule has 0 aliphatic carbocycles. The molecule has 0 radical (unpaired) electrons. The van der Waals surface area contributed by atoms with Gasteiger partial charge in [-0.2, -0.15) is 0 Å². The summed E-state index contributed by atoms with van der Waals surface area (Å²) in [6.07, 6.45) is 1.03. The molecule has 1 aliphatic rings. The van der Waals surface area contributed by atoms with Crippen molar-refractivity contribution in [2.45, 2.75) is 40.2 Å². The highest BCUT2D eigenvalue weighted by Crippen LogP contribution is 2.23. The summed E-state index contributed by atoms with van der Waals surface area (Å²) in [5.74, 6) is 1.67. The molecular formula is C12H24N2O. The first-order valence-electron chi connectivity index (χ1n) is 6.01. The summed E-state index contributed by atoms with van der Waals surface area (Å²) in [5, 5.41) is 6.35. The van der Waals surface area contributed by atoms with Crippen molar-refractivity contribution in [1.82, 2.24) is 10.6 Å². The minimum atomic E-state index is 0.161. The fourth-order valence-electron chi connectivity index (χ4n) is 2.09. The average molecular weight is 212 g/mol. The van der Waals surface area contributed by atoms with Gasteiger partial charge in [0.2, 0.25) is 5.91 Å². The van der Waals surface area contributed by atoms with Crippen LogP contribution in [0.3, 0.4) is 0 Å². The third kappa shape index (κ3) is 3.82. The van der Waals surface area contributed by atoms with Crippen molar-refractivity contribution in [1.29, 1.82) is 0 Å². The largest absolute Gasteiger partial charge is 0.354 e. The second kappa shape index (κ2) is 5.50. The number of amides is 1. The van der Waals surface area contributed by atoms with Crippen molar-refractivity contribution >= 4 is 5.91 Å². The SMILES string of the molecule is CC(C)NC(=O)C1CNCC(C(C)C)C1. The topological polar surface area (TPSA) is 41.1 Å². The molecule has 3 nitrogen and oxygen atoms in total. The molecule has 15 heavy (non-hydrogen) atoms. The van der Waals surface area contributed by atoms with Crippen LogP contribution in [0, 0.1) is 17.8 Å². The van der Waals surface area contributed by atoms with E-state index in [9.17, 15) is 4.79 Å². The third-order valence-corrected chi connectivity index (χ3v) is 3.13. The number of nitrogens with one attached hydrogen (secondary N) is 2. The molecule has 0 spiro atoms. The molecule has 3 heteroatoms. The van der Waals surface area contributed by atoms with E-state index in [1.807, 2.05) is 13.8 Å². The highest BCUT2D eigenvalue weighted by molar-refractivity contribution is 5.79. The van der Waals surface area contributed by atoms with Crippen LogP contribution in [0.4, 0.5) is 0 Å². The average Bonchev–Trinajstić information content (AvgIpc) is 2.17. The molecule has 2 atom stereocenters. The van der Waals surface area contributed by atoms with E-state index in [1.54, 1.807) is 0 Å². The Balaban J connectivity index is 2.45. The van der Waals surface area contributed by atoms with Crippen molar-refractivity contribution in [3.63, 3.8) is 0 Å². The molecule has 1 rings (SSSR count). The summed E-state index contributed by atoms with van der Waals surface area (Å²) >= 11 is 0. The van der Waals surface area contributed by atoms with Gasteiger partial charge in [-0.15, -0.1) is 0 Å². The quantitative estimate of drug-likeness (QED) is 0.742. The zero-order valence-electron chi connectivity index (χ0n) is 10.3. The van der Waals surface area contributed by atoms with Crippen LogP contribution in [0.1, 0.15) is 34.1 Å². The first kappa shape index (κ1) is 12.5. The fourth-order valence-corrected chi connectivity index (χ4v) is 2.09. The van der Waals surface area contributed by atoms with Gasteiger partial charge >= 0.3 is 0 Å². The van der Waals surface area contributed by atoms with E-state index in [0.29, 0.717) is 11.8 Å². The maximum atomic E-state index is 11.8. The Labute approximate surface area is 93.0 Å². The lowest BCUT2D eigenvalue weighted by Gasteiger charge is -2.32. The highest BCUT2D eigenvalue weighted by Gasteiger charge is 2.28. The summed E-state index contributed by atoms with van der Waals surface area (Å²) in [6, 6.07) is 0.247. The third-order valence-electron chi connectivity index (χ3n) is 3.13. The Morgan fingerprint density at radius 1 is 1.27 bits per heavy atom. The molecule has 1 fully saturated rings. The van der Waals surface area contributed by atoms with Crippen molar-refractivity contribution in [3.05, 3.63) is 0 Å².